The van der Waals surface area contributed by atoms with Gasteiger partial charge in [-0.05, 0) is 0 Å². The van der Waals surface area contributed by atoms with Crippen molar-refractivity contribution in [3.05, 3.63) is 0 Å². The van der Waals surface area contributed by atoms with Gasteiger partial charge in [0.05, 0.1) is 0 Å². The van der Waals surface area contributed by atoms with E-state index >= 15 is 0 Å². The van der Waals surface area contributed by atoms with Crippen LogP contribution in [0, 0.1) is 0 Å². The second kappa shape index (κ2) is 4.95. The Morgan fingerprint density at radius 2 is 2.60 bits per heavy atom. The summed E-state index contributed by atoms with van der Waals surface area (Å²) in [4.78, 5) is 0. The van der Waals surface area contributed by atoms with Crippen LogP contribution in [0.4, 0.5) is 0 Å². The second-order valence-electron chi connectivity index (χ2n) is 0.539. The molecule has 0 saturated carbocycles. The summed E-state index contributed by atoms with van der Waals surface area (Å²) < 4.78 is 0. The molecule has 0 rings (SSSR count). The van der Waals surface area contributed by atoms with Crippen LogP contribution in [-0.4, -0.2) is 6.16 Å². The summed E-state index contributed by atoms with van der Waals surface area (Å²) in [6, 6.07) is 0. The first kappa shape index (κ1) is 5.95. The van der Waals surface area contributed by atoms with Gasteiger partial charge in [-0.15, -0.1) is 0 Å². The Labute approximate surface area is 40.1 Å². The molecule has 0 nitrogen and oxygen atoms in total. The molecule has 0 aliphatic heterocycles. The number of hydrogen-bond acceptors (Lipinski definition) is 1. The van der Waals surface area contributed by atoms with Crippen LogP contribution in [0.1, 0.15) is 6.92 Å². The maximum absolute atomic E-state index is 4.61. The predicted octanol–water partition coefficient (Wildman–Crippen LogP) is 2.28. The molecule has 0 radical (unpaired) electrons. The Hall–Kier alpha value is 0.950. The van der Waals surface area contributed by atoms with Crippen molar-refractivity contribution in [3.8, 4) is 0 Å². The van der Waals surface area contributed by atoms with E-state index in [9.17, 15) is 0 Å². The first-order valence-corrected chi connectivity index (χ1v) is 5.10. The van der Waals surface area contributed by atoms with Gasteiger partial charge >= 0.3 is 39.4 Å². The average molecular weight is 123 g/mol. The molecule has 5 heavy (non-hydrogen) atoms. The van der Waals surface area contributed by atoms with Gasteiger partial charge in [-0.3, -0.25) is 0 Å². The van der Waals surface area contributed by atoms with E-state index < -0.39 is 0 Å². The van der Waals surface area contributed by atoms with Crippen molar-refractivity contribution in [2.45, 2.75) is 6.92 Å². The van der Waals surface area contributed by atoms with Crippen LogP contribution < -0.4 is 0 Å². The molecule has 0 N–H and O–H groups in total. The van der Waals surface area contributed by atoms with Crippen LogP contribution in [0.3, 0.4) is 0 Å². The van der Waals surface area contributed by atoms with Crippen molar-refractivity contribution >= 4 is 26.3 Å². The van der Waals surface area contributed by atoms with Crippen LogP contribution >= 0.6 is 14.5 Å². The van der Waals surface area contributed by atoms with E-state index in [-0.39, 0.29) is 0 Å². The molecule has 0 saturated heterocycles. The molecule has 0 unspecified atom stereocenters. The summed E-state index contributed by atoms with van der Waals surface area (Å²) in [5, 5.41) is 0. The minimum atomic E-state index is 1.09. The zero-order chi connectivity index (χ0) is 4.12. The Balaban J connectivity index is 2.93. The molecule has 0 atom stereocenters. The van der Waals surface area contributed by atoms with Crippen LogP contribution in [0.2, 0.25) is 0 Å². The van der Waals surface area contributed by atoms with Gasteiger partial charge in [0.15, 0.2) is 0 Å². The van der Waals surface area contributed by atoms with E-state index in [4.69, 9.17) is 0 Å². The van der Waals surface area contributed by atoms with E-state index in [1.807, 2.05) is 0 Å². The summed E-state index contributed by atoms with van der Waals surface area (Å²) >= 11 is 4.61. The molecular weight excluding hydrogens is 118 g/mol. The monoisotopic (exact) mass is 123 g/mol. The third-order valence-electron chi connectivity index (χ3n) is 0.199. The second-order valence-corrected chi connectivity index (χ2v) is 4.43. The number of hydrogen-bond donors (Lipinski definition) is 0. The molecule has 0 heterocycles. The molecule has 0 amide bonds. The van der Waals surface area contributed by atoms with Gasteiger partial charge < -0.3 is 0 Å². The Morgan fingerprint density at radius 1 is 2.00 bits per heavy atom. The predicted molar refractivity (Wildman–Crippen MR) is 31.7 cm³/mol. The fourth-order valence-corrected chi connectivity index (χ4v) is 1.56. The first-order chi connectivity index (χ1) is 2.41. The topological polar surface area (TPSA) is 0 Å². The zero-order valence-corrected chi connectivity index (χ0v) is 5.62. The standard InChI is InChI=1S/C2H5P2S/c1-2-3-4-5/h2H2,1H3/q+1. The quantitative estimate of drug-likeness (QED) is 0.482. The van der Waals surface area contributed by atoms with Crippen molar-refractivity contribution in [2.75, 3.05) is 6.16 Å². The number of rotatable bonds is 1. The van der Waals surface area contributed by atoms with Gasteiger partial charge in [0, 0.05) is 0 Å². The van der Waals surface area contributed by atoms with Crippen LogP contribution in [0.25, 0.3) is 0 Å². The molecule has 0 aliphatic carbocycles. The van der Waals surface area contributed by atoms with Crippen LogP contribution in [0.15, 0.2) is 0 Å². The molecule has 0 aromatic heterocycles. The Morgan fingerprint density at radius 3 is 2.60 bits per heavy atom. The molecule has 3 heteroatoms. The Bertz CT molecular complexity index is 54.7. The summed E-state index contributed by atoms with van der Waals surface area (Å²) in [6.45, 7) is 3.21. The van der Waals surface area contributed by atoms with Gasteiger partial charge in [-0.1, -0.05) is 0 Å². The fourth-order valence-electron chi connectivity index (χ4n) is 0.0577. The minimum absolute atomic E-state index is 1.09. The van der Waals surface area contributed by atoms with E-state index in [0.29, 0.717) is 0 Å². The van der Waals surface area contributed by atoms with E-state index in [0.717, 1.165) is 6.64 Å². The van der Waals surface area contributed by atoms with Crippen molar-refractivity contribution in [1.29, 1.82) is 0 Å². The van der Waals surface area contributed by atoms with Gasteiger partial charge in [0.25, 0.3) is 0 Å². The average Bonchev–Trinajstić information content (AvgIpc) is 1.41. The van der Waals surface area contributed by atoms with Crippen molar-refractivity contribution in [2.24, 2.45) is 0 Å². The third-order valence-corrected chi connectivity index (χ3v) is 2.83. The molecule has 0 aliphatic rings. The fraction of sp³-hybridized carbons (Fsp3) is 1.00. The van der Waals surface area contributed by atoms with Crippen molar-refractivity contribution in [3.63, 3.8) is 0 Å². The summed E-state index contributed by atoms with van der Waals surface area (Å²) in [7, 11) is 1.37. The van der Waals surface area contributed by atoms with Crippen molar-refractivity contribution < 1.29 is 0 Å². The molecule has 0 aromatic carbocycles. The van der Waals surface area contributed by atoms with E-state index in [1.165, 1.54) is 14.0 Å². The normalized spacial score (nSPS) is 8.20. The van der Waals surface area contributed by atoms with Gasteiger partial charge in [0.1, 0.15) is 0 Å². The first-order valence-electron chi connectivity index (χ1n) is 1.41. The van der Waals surface area contributed by atoms with Gasteiger partial charge in [-0.2, -0.15) is 0 Å². The third kappa shape index (κ3) is 4.95. The summed E-state index contributed by atoms with van der Waals surface area (Å²) in [5.41, 5.74) is 0. The molecule has 0 bridgehead atoms. The summed E-state index contributed by atoms with van der Waals surface area (Å²) in [6.07, 6.45) is 1.20. The van der Waals surface area contributed by atoms with E-state index in [2.05, 4.69) is 18.7 Å². The van der Waals surface area contributed by atoms with Gasteiger partial charge in [0.2, 0.25) is 0 Å². The molecule has 0 aromatic rings. The zero-order valence-electron chi connectivity index (χ0n) is 3.01. The van der Waals surface area contributed by atoms with Crippen molar-refractivity contribution in [1.82, 2.24) is 0 Å². The van der Waals surface area contributed by atoms with Crippen LogP contribution in [-0.2, 0) is 11.8 Å². The maximum atomic E-state index is 4.61. The molecule has 0 spiro atoms. The molecular formula is C2H5P2S+. The SMILES string of the molecule is CCP=[P+]=S. The van der Waals surface area contributed by atoms with Crippen LogP contribution in [0.5, 0.6) is 0 Å². The Kier molecular flexibility index (Phi) is 5.89. The summed E-state index contributed by atoms with van der Waals surface area (Å²) in [5.74, 6) is 0. The molecule has 0 fully saturated rings. The molecule has 28 valence electrons. The van der Waals surface area contributed by atoms with Gasteiger partial charge in [-0.25, -0.2) is 0 Å². The van der Waals surface area contributed by atoms with E-state index in [1.54, 1.807) is 0 Å².